The number of nitro groups is 1. The average molecular weight is 308 g/mol. The molecule has 0 unspecified atom stereocenters. The summed E-state index contributed by atoms with van der Waals surface area (Å²) < 4.78 is 5.91. The van der Waals surface area contributed by atoms with E-state index in [0.717, 1.165) is 17.3 Å². The molecule has 3 atom stereocenters. The van der Waals surface area contributed by atoms with Crippen LogP contribution in [0.3, 0.4) is 0 Å². The monoisotopic (exact) mass is 308 g/mol. The van der Waals surface area contributed by atoms with Crippen molar-refractivity contribution in [3.63, 3.8) is 0 Å². The van der Waals surface area contributed by atoms with Crippen LogP contribution in [0.25, 0.3) is 0 Å². The highest BCUT2D eigenvalue weighted by atomic mass is 32.2. The molecule has 0 spiro atoms. The number of ether oxygens (including phenoxy) is 1. The molecule has 0 aromatic heterocycles. The van der Waals surface area contributed by atoms with E-state index in [0.29, 0.717) is 18.6 Å². The van der Waals surface area contributed by atoms with Gasteiger partial charge in [-0.15, -0.1) is 0 Å². The molecule has 1 fully saturated rings. The lowest BCUT2D eigenvalue weighted by Crippen LogP contribution is -2.40. The first-order chi connectivity index (χ1) is 9.91. The summed E-state index contributed by atoms with van der Waals surface area (Å²) in [6.07, 6.45) is 0.376. The molecular weight excluding hydrogens is 292 g/mol. The molecule has 1 aromatic rings. The highest BCUT2D eigenvalue weighted by Crippen LogP contribution is 2.38. The lowest BCUT2D eigenvalue weighted by molar-refractivity contribution is -0.384. The maximum absolute atomic E-state index is 10.7. The predicted molar refractivity (Wildman–Crippen MR) is 78.6 cm³/mol. The molecule has 1 N–H and O–H groups in total. The van der Waals surface area contributed by atoms with Gasteiger partial charge >= 0.3 is 0 Å². The number of aliphatic hydroxyl groups is 1. The van der Waals surface area contributed by atoms with Crippen LogP contribution in [0.15, 0.2) is 24.3 Å². The summed E-state index contributed by atoms with van der Waals surface area (Å²) in [7, 11) is 0. The Morgan fingerprint density at radius 3 is 2.76 bits per heavy atom. The quantitative estimate of drug-likeness (QED) is 0.522. The van der Waals surface area contributed by atoms with Crippen LogP contribution in [0.1, 0.15) is 31.4 Å². The minimum absolute atomic E-state index is 0.0258. The van der Waals surface area contributed by atoms with Crippen LogP contribution >= 0.6 is 11.8 Å². The number of non-ortho nitro benzene ring substituents is 1. The van der Waals surface area contributed by atoms with Crippen LogP contribution in [0, 0.1) is 20.8 Å². The largest absolute Gasteiger partial charge is 0.390 e. The maximum atomic E-state index is 10.7. The number of thioether (sulfide) groups is 1. The van der Waals surface area contributed by atoms with Crippen molar-refractivity contribution in [2.45, 2.75) is 37.6 Å². The van der Waals surface area contributed by atoms with Gasteiger partial charge in [0.15, 0.2) is 0 Å². The van der Waals surface area contributed by atoms with Gasteiger partial charge in [-0.25, -0.2) is 0 Å². The number of nitriles is 1. The van der Waals surface area contributed by atoms with E-state index in [1.54, 1.807) is 19.1 Å². The number of benzene rings is 1. The van der Waals surface area contributed by atoms with Crippen LogP contribution in [-0.4, -0.2) is 27.5 Å². The molecular formula is C14H16N2O4S. The van der Waals surface area contributed by atoms with Crippen molar-refractivity contribution in [2.75, 3.05) is 5.75 Å². The van der Waals surface area contributed by atoms with Gasteiger partial charge in [0.1, 0.15) is 5.40 Å². The first kappa shape index (κ1) is 15.8. The van der Waals surface area contributed by atoms with E-state index in [1.807, 2.05) is 5.40 Å². The topological polar surface area (TPSA) is 96.4 Å². The second-order valence-corrected chi connectivity index (χ2v) is 6.21. The molecule has 21 heavy (non-hydrogen) atoms. The van der Waals surface area contributed by atoms with Crippen molar-refractivity contribution >= 4 is 17.4 Å². The second-order valence-electron chi connectivity index (χ2n) is 5.40. The highest BCUT2D eigenvalue weighted by molar-refractivity contribution is 8.03. The standard InChI is InChI=1S/C14H16N2O4S/c1-14(17)6-12(8-21-9-15)20-13(7-14)10-2-4-11(5-3-10)16(18)19/h2-5,12-13,17H,6-8H2,1H3/t12-,13-,14+/m1/s1. The number of hydrogen-bond acceptors (Lipinski definition) is 6. The normalized spacial score (nSPS) is 28.8. The number of nitro benzene ring substituents is 1. The molecule has 2 rings (SSSR count). The molecule has 1 aliphatic heterocycles. The molecule has 0 radical (unpaired) electrons. The molecule has 1 saturated heterocycles. The maximum Gasteiger partial charge on any atom is 0.269 e. The number of nitrogens with zero attached hydrogens (tertiary/aromatic N) is 2. The van der Waals surface area contributed by atoms with Crippen molar-refractivity contribution in [2.24, 2.45) is 0 Å². The zero-order valence-corrected chi connectivity index (χ0v) is 12.4. The number of thiocyanates is 1. The molecule has 0 saturated carbocycles. The van der Waals surface area contributed by atoms with Gasteiger partial charge in [0.2, 0.25) is 0 Å². The fraction of sp³-hybridized carbons (Fsp3) is 0.500. The van der Waals surface area contributed by atoms with E-state index in [9.17, 15) is 15.2 Å². The van der Waals surface area contributed by atoms with Gasteiger partial charge in [-0.1, -0.05) is 0 Å². The van der Waals surface area contributed by atoms with Gasteiger partial charge in [0.05, 0.1) is 22.7 Å². The molecule has 112 valence electrons. The lowest BCUT2D eigenvalue weighted by Gasteiger charge is -2.39. The summed E-state index contributed by atoms with van der Waals surface area (Å²) in [6.45, 7) is 1.75. The Hall–Kier alpha value is -1.62. The van der Waals surface area contributed by atoms with E-state index in [2.05, 4.69) is 0 Å². The van der Waals surface area contributed by atoms with Gasteiger partial charge in [-0.05, 0) is 36.4 Å². The van der Waals surface area contributed by atoms with E-state index in [-0.39, 0.29) is 17.9 Å². The van der Waals surface area contributed by atoms with Gasteiger partial charge in [-0.2, -0.15) is 5.26 Å². The first-order valence-corrected chi connectivity index (χ1v) is 7.53. The van der Waals surface area contributed by atoms with Crippen molar-refractivity contribution in [1.29, 1.82) is 5.26 Å². The molecule has 7 heteroatoms. The minimum atomic E-state index is -0.870. The summed E-state index contributed by atoms with van der Waals surface area (Å²) in [5, 5.41) is 31.6. The Morgan fingerprint density at radius 1 is 1.52 bits per heavy atom. The Kier molecular flexibility index (Phi) is 4.83. The third kappa shape index (κ3) is 4.17. The van der Waals surface area contributed by atoms with E-state index >= 15 is 0 Å². The van der Waals surface area contributed by atoms with Crippen molar-refractivity contribution in [3.05, 3.63) is 39.9 Å². The van der Waals surface area contributed by atoms with Gasteiger partial charge in [0.25, 0.3) is 5.69 Å². The number of hydrogen-bond donors (Lipinski definition) is 1. The van der Waals surface area contributed by atoms with Crippen molar-refractivity contribution in [1.82, 2.24) is 0 Å². The van der Waals surface area contributed by atoms with Crippen LogP contribution in [-0.2, 0) is 4.74 Å². The van der Waals surface area contributed by atoms with E-state index in [4.69, 9.17) is 10.00 Å². The summed E-state index contributed by atoms with van der Waals surface area (Å²) in [6, 6.07) is 6.17. The average Bonchev–Trinajstić information content (AvgIpc) is 2.43. The third-order valence-electron chi connectivity index (χ3n) is 3.46. The van der Waals surface area contributed by atoms with Crippen molar-refractivity contribution in [3.8, 4) is 5.40 Å². The Bertz CT molecular complexity index is 553. The Morgan fingerprint density at radius 2 is 2.19 bits per heavy atom. The fourth-order valence-electron chi connectivity index (χ4n) is 2.54. The van der Waals surface area contributed by atoms with Crippen molar-refractivity contribution < 1.29 is 14.8 Å². The zero-order chi connectivity index (χ0) is 15.5. The molecule has 6 nitrogen and oxygen atoms in total. The molecule has 1 aromatic carbocycles. The fourth-order valence-corrected chi connectivity index (χ4v) is 2.99. The van der Waals surface area contributed by atoms with Crippen LogP contribution in [0.4, 0.5) is 5.69 Å². The van der Waals surface area contributed by atoms with Gasteiger partial charge in [-0.3, -0.25) is 10.1 Å². The summed E-state index contributed by atoms with van der Waals surface area (Å²) in [5.74, 6) is 0.496. The molecule has 0 aliphatic carbocycles. The molecule has 0 bridgehead atoms. The SMILES string of the molecule is C[C@]1(O)C[C@H](CSC#N)O[C@@H](c2ccc([N+](=O)[O-])cc2)C1. The van der Waals surface area contributed by atoms with Gasteiger partial charge in [0, 0.05) is 30.7 Å². The van der Waals surface area contributed by atoms with Crippen LogP contribution in [0.5, 0.6) is 0 Å². The summed E-state index contributed by atoms with van der Waals surface area (Å²) in [5.41, 5.74) is -0.0452. The molecule has 1 aliphatic rings. The second kappa shape index (κ2) is 6.43. The Labute approximate surface area is 126 Å². The predicted octanol–water partition coefficient (Wildman–Crippen LogP) is 2.78. The summed E-state index contributed by atoms with van der Waals surface area (Å²) >= 11 is 1.10. The zero-order valence-electron chi connectivity index (χ0n) is 11.6. The van der Waals surface area contributed by atoms with E-state index < -0.39 is 10.5 Å². The Balaban J connectivity index is 2.13. The highest BCUT2D eigenvalue weighted by Gasteiger charge is 2.37. The number of rotatable bonds is 4. The van der Waals surface area contributed by atoms with E-state index in [1.165, 1.54) is 12.1 Å². The molecule has 1 heterocycles. The molecule has 0 amide bonds. The smallest absolute Gasteiger partial charge is 0.269 e. The first-order valence-electron chi connectivity index (χ1n) is 6.54. The van der Waals surface area contributed by atoms with Crippen LogP contribution in [0.2, 0.25) is 0 Å². The minimum Gasteiger partial charge on any atom is -0.390 e. The third-order valence-corrected chi connectivity index (χ3v) is 4.13. The summed E-state index contributed by atoms with van der Waals surface area (Å²) in [4.78, 5) is 10.2. The van der Waals surface area contributed by atoms with Gasteiger partial charge < -0.3 is 9.84 Å². The lowest BCUT2D eigenvalue weighted by atomic mass is 9.86. The van der Waals surface area contributed by atoms with Crippen LogP contribution < -0.4 is 0 Å².